The Hall–Kier alpha value is -3.90. The van der Waals surface area contributed by atoms with Gasteiger partial charge < -0.3 is 10.6 Å². The van der Waals surface area contributed by atoms with Crippen LogP contribution in [0.4, 0.5) is 11.6 Å². The quantitative estimate of drug-likeness (QED) is 0.733. The topological polar surface area (TPSA) is 103 Å². The number of aromatic nitrogens is 2. The molecule has 0 unspecified atom stereocenters. The van der Waals surface area contributed by atoms with Crippen molar-refractivity contribution in [3.8, 4) is 34.5 Å². The lowest BCUT2D eigenvalue weighted by atomic mass is 9.93. The highest BCUT2D eigenvalue weighted by atomic mass is 15.2. The molecule has 0 saturated carbocycles. The van der Waals surface area contributed by atoms with Crippen LogP contribution in [0.1, 0.15) is 30.4 Å². The van der Waals surface area contributed by atoms with Crippen molar-refractivity contribution in [3.05, 3.63) is 59.8 Å². The highest BCUT2D eigenvalue weighted by molar-refractivity contribution is 5.86. The van der Waals surface area contributed by atoms with E-state index >= 15 is 0 Å². The summed E-state index contributed by atoms with van der Waals surface area (Å²) in [4.78, 5) is 11.0. The normalized spacial score (nSPS) is 13.5. The minimum atomic E-state index is 0.158. The Labute approximate surface area is 169 Å². The first-order chi connectivity index (χ1) is 14.2. The van der Waals surface area contributed by atoms with Gasteiger partial charge in [-0.25, -0.2) is 4.98 Å². The SMILES string of the molecule is N#Cc1c(N)nc(N2CCCCC2)c(C#N)c1-c1cccc(-c2ccccn2)c1. The van der Waals surface area contributed by atoms with Crippen molar-refractivity contribution in [2.45, 2.75) is 19.3 Å². The zero-order valence-corrected chi connectivity index (χ0v) is 16.0. The number of nitrogen functional groups attached to an aromatic ring is 1. The fraction of sp³-hybridized carbons (Fsp3) is 0.217. The molecule has 3 heterocycles. The van der Waals surface area contributed by atoms with Crippen LogP contribution in [0.3, 0.4) is 0 Å². The van der Waals surface area contributed by atoms with Crippen molar-refractivity contribution in [1.29, 1.82) is 10.5 Å². The van der Waals surface area contributed by atoms with Gasteiger partial charge in [0.15, 0.2) is 0 Å². The lowest BCUT2D eigenvalue weighted by molar-refractivity contribution is 0.573. The van der Waals surface area contributed by atoms with E-state index in [1.54, 1.807) is 6.20 Å². The molecule has 0 amide bonds. The third-order valence-electron chi connectivity index (χ3n) is 5.20. The van der Waals surface area contributed by atoms with Crippen LogP contribution in [0, 0.1) is 22.7 Å². The lowest BCUT2D eigenvalue weighted by Crippen LogP contribution is -2.31. The highest BCUT2D eigenvalue weighted by Crippen LogP contribution is 2.37. The van der Waals surface area contributed by atoms with E-state index < -0.39 is 0 Å². The standard InChI is InChI=1S/C23H20N6/c24-14-18-21(17-8-6-7-16(13-17)20-9-2-3-10-27-20)19(15-25)23(28-22(18)26)29-11-4-1-5-12-29/h2-3,6-10,13H,1,4-5,11-12H2,(H2,26,28). The van der Waals surface area contributed by atoms with E-state index in [0.29, 0.717) is 16.9 Å². The van der Waals surface area contributed by atoms with E-state index in [2.05, 4.69) is 27.0 Å². The Morgan fingerprint density at radius 3 is 2.34 bits per heavy atom. The summed E-state index contributed by atoms with van der Waals surface area (Å²) in [6, 6.07) is 17.9. The number of hydrogen-bond donors (Lipinski definition) is 1. The molecule has 2 aromatic heterocycles. The molecule has 6 nitrogen and oxygen atoms in total. The van der Waals surface area contributed by atoms with Crippen molar-refractivity contribution in [2.75, 3.05) is 23.7 Å². The maximum atomic E-state index is 10.0. The van der Waals surface area contributed by atoms with Gasteiger partial charge in [0.25, 0.3) is 0 Å². The van der Waals surface area contributed by atoms with E-state index in [1.165, 1.54) is 6.42 Å². The van der Waals surface area contributed by atoms with Gasteiger partial charge in [-0.2, -0.15) is 10.5 Å². The van der Waals surface area contributed by atoms with E-state index in [9.17, 15) is 10.5 Å². The van der Waals surface area contributed by atoms with Gasteiger partial charge in [-0.15, -0.1) is 0 Å². The number of pyridine rings is 2. The van der Waals surface area contributed by atoms with Gasteiger partial charge in [0, 0.05) is 30.4 Å². The van der Waals surface area contributed by atoms with Crippen LogP contribution in [0.25, 0.3) is 22.4 Å². The summed E-state index contributed by atoms with van der Waals surface area (Å²) in [5, 5.41) is 19.8. The van der Waals surface area contributed by atoms with Gasteiger partial charge in [0.1, 0.15) is 34.9 Å². The van der Waals surface area contributed by atoms with Crippen molar-refractivity contribution >= 4 is 11.6 Å². The van der Waals surface area contributed by atoms with Gasteiger partial charge >= 0.3 is 0 Å². The molecule has 29 heavy (non-hydrogen) atoms. The smallest absolute Gasteiger partial charge is 0.149 e. The zero-order valence-electron chi connectivity index (χ0n) is 16.0. The summed E-state index contributed by atoms with van der Waals surface area (Å²) >= 11 is 0. The molecule has 1 aromatic carbocycles. The average molecular weight is 380 g/mol. The fourth-order valence-corrected chi connectivity index (χ4v) is 3.80. The van der Waals surface area contributed by atoms with E-state index in [1.807, 2.05) is 42.5 Å². The average Bonchev–Trinajstić information content (AvgIpc) is 2.79. The summed E-state index contributed by atoms with van der Waals surface area (Å²) in [6.45, 7) is 1.67. The second kappa shape index (κ2) is 8.00. The minimum absolute atomic E-state index is 0.158. The molecule has 0 bridgehead atoms. The van der Waals surface area contributed by atoms with Gasteiger partial charge in [0.2, 0.25) is 0 Å². The number of nitrogens with two attached hydrogens (primary N) is 1. The van der Waals surface area contributed by atoms with Crippen LogP contribution in [0.2, 0.25) is 0 Å². The Bertz CT molecular complexity index is 1120. The van der Waals surface area contributed by atoms with Gasteiger partial charge in [-0.1, -0.05) is 24.3 Å². The molecule has 0 aliphatic carbocycles. The molecule has 0 atom stereocenters. The third kappa shape index (κ3) is 3.49. The molecule has 1 aliphatic rings. The Morgan fingerprint density at radius 1 is 0.897 bits per heavy atom. The molecule has 3 aromatic rings. The van der Waals surface area contributed by atoms with Gasteiger partial charge in [0.05, 0.1) is 5.69 Å². The molecular weight excluding hydrogens is 360 g/mol. The maximum absolute atomic E-state index is 10.0. The minimum Gasteiger partial charge on any atom is -0.383 e. The van der Waals surface area contributed by atoms with E-state index in [0.717, 1.165) is 42.8 Å². The third-order valence-corrected chi connectivity index (χ3v) is 5.20. The lowest BCUT2D eigenvalue weighted by Gasteiger charge is -2.29. The van der Waals surface area contributed by atoms with Crippen molar-refractivity contribution < 1.29 is 0 Å². The molecule has 1 aliphatic heterocycles. The number of nitrogens with zero attached hydrogens (tertiary/aromatic N) is 5. The zero-order chi connectivity index (χ0) is 20.2. The second-order valence-electron chi connectivity index (χ2n) is 7.01. The molecule has 2 N–H and O–H groups in total. The number of benzene rings is 1. The second-order valence-corrected chi connectivity index (χ2v) is 7.01. The molecule has 4 rings (SSSR count). The number of hydrogen-bond acceptors (Lipinski definition) is 6. The number of nitriles is 2. The number of rotatable bonds is 3. The van der Waals surface area contributed by atoms with Crippen LogP contribution >= 0.6 is 0 Å². The van der Waals surface area contributed by atoms with Crippen LogP contribution in [0.5, 0.6) is 0 Å². The molecule has 0 spiro atoms. The van der Waals surface area contributed by atoms with Crippen LogP contribution < -0.4 is 10.6 Å². The van der Waals surface area contributed by atoms with Gasteiger partial charge in [-0.3, -0.25) is 4.98 Å². The van der Waals surface area contributed by atoms with E-state index in [-0.39, 0.29) is 11.4 Å². The summed E-state index contributed by atoms with van der Waals surface area (Å²) in [5.74, 6) is 0.729. The summed E-state index contributed by atoms with van der Waals surface area (Å²) in [7, 11) is 0. The molecular formula is C23H20N6. The monoisotopic (exact) mass is 380 g/mol. The van der Waals surface area contributed by atoms with Crippen molar-refractivity contribution in [1.82, 2.24) is 9.97 Å². The first-order valence-electron chi connectivity index (χ1n) is 9.63. The Kier molecular flexibility index (Phi) is 5.09. The Morgan fingerprint density at radius 2 is 1.66 bits per heavy atom. The fourth-order valence-electron chi connectivity index (χ4n) is 3.80. The first kappa shape index (κ1) is 18.5. The van der Waals surface area contributed by atoms with Crippen molar-refractivity contribution in [3.63, 3.8) is 0 Å². The molecule has 6 heteroatoms. The summed E-state index contributed by atoms with van der Waals surface area (Å²) < 4.78 is 0. The first-order valence-corrected chi connectivity index (χ1v) is 9.63. The maximum Gasteiger partial charge on any atom is 0.149 e. The molecule has 0 radical (unpaired) electrons. The predicted octanol–water partition coefficient (Wildman–Crippen LogP) is 4.13. The summed E-state index contributed by atoms with van der Waals surface area (Å²) in [5.41, 5.74) is 9.84. The molecule has 1 fully saturated rings. The largest absolute Gasteiger partial charge is 0.383 e. The van der Waals surface area contributed by atoms with E-state index in [4.69, 9.17) is 5.73 Å². The number of piperidine rings is 1. The molecule has 1 saturated heterocycles. The summed E-state index contributed by atoms with van der Waals surface area (Å²) in [6.07, 6.45) is 5.01. The van der Waals surface area contributed by atoms with Gasteiger partial charge in [-0.05, 0) is 43.0 Å². The highest BCUT2D eigenvalue weighted by Gasteiger charge is 2.24. The van der Waals surface area contributed by atoms with Crippen molar-refractivity contribution in [2.24, 2.45) is 0 Å². The molecule has 142 valence electrons. The van der Waals surface area contributed by atoms with Crippen LogP contribution in [0.15, 0.2) is 48.7 Å². The predicted molar refractivity (Wildman–Crippen MR) is 113 cm³/mol. The van der Waals surface area contributed by atoms with Crippen LogP contribution in [-0.4, -0.2) is 23.1 Å². The van der Waals surface area contributed by atoms with Crippen LogP contribution in [-0.2, 0) is 0 Å². The Balaban J connectivity index is 1.92. The number of anilines is 2.